The van der Waals surface area contributed by atoms with Crippen molar-refractivity contribution in [2.24, 2.45) is 0 Å². The van der Waals surface area contributed by atoms with E-state index in [2.05, 4.69) is 15.3 Å². The molecule has 3 rings (SSSR count). The molecule has 0 aromatic carbocycles. The Morgan fingerprint density at radius 1 is 1.56 bits per heavy atom. The van der Waals surface area contributed by atoms with Crippen LogP contribution in [-0.2, 0) is 4.74 Å². The molecule has 98 valence electrons. The fourth-order valence-corrected chi connectivity index (χ4v) is 2.39. The predicted molar refractivity (Wildman–Crippen MR) is 68.9 cm³/mol. The van der Waals surface area contributed by atoms with E-state index in [1.807, 2.05) is 0 Å². The lowest BCUT2D eigenvalue weighted by molar-refractivity contribution is -0.0601. The summed E-state index contributed by atoms with van der Waals surface area (Å²) in [5.74, 6) is 1.95. The summed E-state index contributed by atoms with van der Waals surface area (Å²) in [6.07, 6.45) is 5.64. The van der Waals surface area contributed by atoms with Crippen LogP contribution in [0.1, 0.15) is 43.8 Å². The Morgan fingerprint density at radius 2 is 2.33 bits per heavy atom. The summed E-state index contributed by atoms with van der Waals surface area (Å²) in [6, 6.07) is 1.52. The van der Waals surface area contributed by atoms with Gasteiger partial charge in [-0.1, -0.05) is 0 Å². The molecule has 0 aliphatic heterocycles. The van der Waals surface area contributed by atoms with Crippen LogP contribution in [0.5, 0.6) is 0 Å². The largest absolute Gasteiger partial charge is 0.376 e. The molecule has 2 N–H and O–H groups in total. The van der Waals surface area contributed by atoms with E-state index in [0.29, 0.717) is 11.7 Å². The number of aromatic amines is 1. The molecule has 1 aromatic heterocycles. The van der Waals surface area contributed by atoms with Gasteiger partial charge in [-0.3, -0.25) is 4.79 Å². The number of nitrogens with one attached hydrogen (secondary N) is 2. The number of hydrogen-bond acceptors (Lipinski definition) is 4. The zero-order chi connectivity index (χ0) is 12.6. The van der Waals surface area contributed by atoms with Crippen LogP contribution < -0.4 is 10.9 Å². The third-order valence-corrected chi connectivity index (χ3v) is 4.01. The van der Waals surface area contributed by atoms with Crippen LogP contribution in [0, 0.1) is 0 Å². The lowest BCUT2D eigenvalue weighted by atomic mass is 9.80. The van der Waals surface area contributed by atoms with E-state index < -0.39 is 0 Å². The Hall–Kier alpha value is -1.36. The Balaban J connectivity index is 1.70. The summed E-state index contributed by atoms with van der Waals surface area (Å²) in [6.45, 7) is 0.726. The molecule has 5 nitrogen and oxygen atoms in total. The van der Waals surface area contributed by atoms with Crippen molar-refractivity contribution in [1.29, 1.82) is 0 Å². The number of methoxy groups -OCH3 is 1. The second-order valence-corrected chi connectivity index (χ2v) is 5.38. The first-order valence-corrected chi connectivity index (χ1v) is 6.61. The summed E-state index contributed by atoms with van der Waals surface area (Å²) in [5.41, 5.74) is -0.126. The lowest BCUT2D eigenvalue weighted by Crippen LogP contribution is -2.45. The topological polar surface area (TPSA) is 67.0 Å². The molecule has 0 amide bonds. The number of rotatable bonds is 5. The Bertz CT molecular complexity index is 484. The molecule has 1 heterocycles. The van der Waals surface area contributed by atoms with Crippen molar-refractivity contribution >= 4 is 5.82 Å². The zero-order valence-corrected chi connectivity index (χ0v) is 10.7. The van der Waals surface area contributed by atoms with Gasteiger partial charge in [0, 0.05) is 25.6 Å². The van der Waals surface area contributed by atoms with Gasteiger partial charge in [-0.15, -0.1) is 0 Å². The number of nitrogens with zero attached hydrogens (tertiary/aromatic N) is 1. The quantitative estimate of drug-likeness (QED) is 0.832. The van der Waals surface area contributed by atoms with Gasteiger partial charge in [-0.2, -0.15) is 0 Å². The Labute approximate surface area is 106 Å². The Kier molecular flexibility index (Phi) is 2.86. The highest BCUT2D eigenvalue weighted by molar-refractivity contribution is 5.34. The van der Waals surface area contributed by atoms with Gasteiger partial charge in [-0.25, -0.2) is 4.98 Å². The molecule has 5 heteroatoms. The van der Waals surface area contributed by atoms with Crippen molar-refractivity contribution in [1.82, 2.24) is 9.97 Å². The van der Waals surface area contributed by atoms with E-state index in [-0.39, 0.29) is 11.2 Å². The van der Waals surface area contributed by atoms with Crippen molar-refractivity contribution < 1.29 is 4.74 Å². The van der Waals surface area contributed by atoms with Gasteiger partial charge in [0.2, 0.25) is 0 Å². The van der Waals surface area contributed by atoms with Gasteiger partial charge in [0.25, 0.3) is 5.56 Å². The first-order valence-electron chi connectivity index (χ1n) is 6.61. The fraction of sp³-hybridized carbons (Fsp3) is 0.692. The minimum Gasteiger partial charge on any atom is -0.376 e. The summed E-state index contributed by atoms with van der Waals surface area (Å²) >= 11 is 0. The number of ether oxygens (including phenoxy) is 1. The summed E-state index contributed by atoms with van der Waals surface area (Å²) in [7, 11) is 1.75. The van der Waals surface area contributed by atoms with Gasteiger partial charge in [-0.05, 0) is 32.1 Å². The van der Waals surface area contributed by atoms with Crippen LogP contribution in [0.15, 0.2) is 10.9 Å². The maximum Gasteiger partial charge on any atom is 0.252 e. The van der Waals surface area contributed by atoms with E-state index in [0.717, 1.165) is 38.1 Å². The molecule has 2 fully saturated rings. The Morgan fingerprint density at radius 3 is 2.89 bits per heavy atom. The molecule has 18 heavy (non-hydrogen) atoms. The van der Waals surface area contributed by atoms with Crippen molar-refractivity contribution in [2.45, 2.75) is 43.6 Å². The van der Waals surface area contributed by atoms with Gasteiger partial charge >= 0.3 is 0 Å². The lowest BCUT2D eigenvalue weighted by Gasteiger charge is -2.40. The monoisotopic (exact) mass is 249 g/mol. The van der Waals surface area contributed by atoms with E-state index in [4.69, 9.17) is 4.74 Å². The molecule has 0 atom stereocenters. The van der Waals surface area contributed by atoms with Gasteiger partial charge in [0.05, 0.1) is 5.60 Å². The minimum atomic E-state index is -0.0746. The van der Waals surface area contributed by atoms with Gasteiger partial charge in [0.15, 0.2) is 0 Å². The highest BCUT2D eigenvalue weighted by Gasteiger charge is 2.36. The van der Waals surface area contributed by atoms with Crippen LogP contribution in [0.2, 0.25) is 0 Å². The van der Waals surface area contributed by atoms with Crippen LogP contribution in [0.25, 0.3) is 0 Å². The SMILES string of the molecule is COC1(CNc2cc(=O)[nH]c(C3CC3)n2)CCC1. The van der Waals surface area contributed by atoms with E-state index in [1.54, 1.807) is 7.11 Å². The molecular weight excluding hydrogens is 230 g/mol. The summed E-state index contributed by atoms with van der Waals surface area (Å²) in [5, 5.41) is 3.25. The smallest absolute Gasteiger partial charge is 0.252 e. The second kappa shape index (κ2) is 4.39. The van der Waals surface area contributed by atoms with Crippen molar-refractivity contribution in [3.05, 3.63) is 22.2 Å². The number of H-pyrrole nitrogens is 1. The normalized spacial score (nSPS) is 21.4. The maximum atomic E-state index is 11.6. The van der Waals surface area contributed by atoms with Crippen LogP contribution in [0.3, 0.4) is 0 Å². The zero-order valence-electron chi connectivity index (χ0n) is 10.7. The highest BCUT2D eigenvalue weighted by atomic mass is 16.5. The molecule has 0 saturated heterocycles. The first-order chi connectivity index (χ1) is 8.71. The molecule has 0 unspecified atom stereocenters. The number of anilines is 1. The molecule has 0 bridgehead atoms. The molecule has 0 radical (unpaired) electrons. The van der Waals surface area contributed by atoms with Crippen molar-refractivity contribution in [2.75, 3.05) is 19.0 Å². The van der Waals surface area contributed by atoms with E-state index in [9.17, 15) is 4.79 Å². The first kappa shape index (κ1) is 11.7. The third kappa shape index (κ3) is 2.27. The molecule has 0 spiro atoms. The maximum absolute atomic E-state index is 11.6. The van der Waals surface area contributed by atoms with Crippen molar-refractivity contribution in [3.8, 4) is 0 Å². The molecular formula is C13H19N3O2. The minimum absolute atomic E-state index is 0.0516. The average molecular weight is 249 g/mol. The van der Waals surface area contributed by atoms with Crippen LogP contribution in [-0.4, -0.2) is 29.2 Å². The van der Waals surface area contributed by atoms with Crippen LogP contribution in [0.4, 0.5) is 5.82 Å². The van der Waals surface area contributed by atoms with Gasteiger partial charge < -0.3 is 15.0 Å². The molecule has 2 aliphatic rings. The van der Waals surface area contributed by atoms with E-state index in [1.165, 1.54) is 12.5 Å². The summed E-state index contributed by atoms with van der Waals surface area (Å²) < 4.78 is 5.54. The number of aromatic nitrogens is 2. The standard InChI is InChI=1S/C13H19N3O2/c1-18-13(5-2-6-13)8-14-10-7-11(17)16-12(15-10)9-3-4-9/h7,9H,2-6,8H2,1H3,(H2,14,15,16,17). The van der Waals surface area contributed by atoms with Crippen molar-refractivity contribution in [3.63, 3.8) is 0 Å². The molecule has 2 saturated carbocycles. The average Bonchev–Trinajstić information content (AvgIpc) is 3.11. The predicted octanol–water partition coefficient (Wildman–Crippen LogP) is 1.63. The highest BCUT2D eigenvalue weighted by Crippen LogP contribution is 2.38. The molecule has 1 aromatic rings. The third-order valence-electron chi connectivity index (χ3n) is 4.01. The molecule has 2 aliphatic carbocycles. The second-order valence-electron chi connectivity index (χ2n) is 5.38. The fourth-order valence-electron chi connectivity index (χ4n) is 2.39. The number of hydrogen-bond donors (Lipinski definition) is 2. The van der Waals surface area contributed by atoms with Crippen LogP contribution >= 0.6 is 0 Å². The van der Waals surface area contributed by atoms with Gasteiger partial charge in [0.1, 0.15) is 11.6 Å². The summed E-state index contributed by atoms with van der Waals surface area (Å²) in [4.78, 5) is 18.8. The van der Waals surface area contributed by atoms with E-state index >= 15 is 0 Å².